The average molecular weight is 527 g/mol. The van der Waals surface area contributed by atoms with Gasteiger partial charge in [-0.15, -0.1) is 0 Å². The zero-order valence-corrected chi connectivity index (χ0v) is 22.6. The van der Waals surface area contributed by atoms with Gasteiger partial charge in [0.15, 0.2) is 0 Å². The summed E-state index contributed by atoms with van der Waals surface area (Å²) in [7, 11) is 0. The number of aliphatic hydroxyl groups is 3. The van der Waals surface area contributed by atoms with Crippen molar-refractivity contribution in [3.8, 4) is 0 Å². The van der Waals surface area contributed by atoms with E-state index in [-0.39, 0.29) is 22.5 Å². The average Bonchev–Trinajstić information content (AvgIpc) is 3.34. The number of nitrogens with zero attached hydrogens (tertiary/aromatic N) is 2. The minimum absolute atomic E-state index is 0.0980. The summed E-state index contributed by atoms with van der Waals surface area (Å²) in [5.74, 6) is 1.10. The number of aromatic nitrogens is 1. The lowest BCUT2D eigenvalue weighted by Crippen LogP contribution is -2.62. The van der Waals surface area contributed by atoms with Crippen LogP contribution in [0.4, 0.5) is 0 Å². The summed E-state index contributed by atoms with van der Waals surface area (Å²) in [6, 6.07) is 9.05. The fourth-order valence-electron chi connectivity index (χ4n) is 10.8. The van der Waals surface area contributed by atoms with Crippen molar-refractivity contribution in [2.45, 2.75) is 92.8 Å². The molecule has 4 heterocycles. The van der Waals surface area contributed by atoms with Crippen molar-refractivity contribution in [1.29, 1.82) is 0 Å². The van der Waals surface area contributed by atoms with E-state index in [1.54, 1.807) is 0 Å². The van der Waals surface area contributed by atoms with Crippen LogP contribution in [-0.4, -0.2) is 73.8 Å². The number of rotatable bonds is 2. The Balaban J connectivity index is 1.10. The summed E-state index contributed by atoms with van der Waals surface area (Å²) in [6.07, 6.45) is 13.7. The Labute approximate surface area is 229 Å². The van der Waals surface area contributed by atoms with Crippen LogP contribution in [0.1, 0.15) is 57.4 Å². The molecule has 204 valence electrons. The number of allylic oxidation sites excluding steroid dienone is 1. The Kier molecular flexibility index (Phi) is 4.48. The number of likely N-dealkylation sites (tertiary alicyclic amines) is 1. The number of benzene rings is 1. The number of pyridine rings is 1. The second kappa shape index (κ2) is 7.40. The van der Waals surface area contributed by atoms with E-state index in [1.165, 1.54) is 40.3 Å². The quantitative estimate of drug-likeness (QED) is 0.554. The van der Waals surface area contributed by atoms with E-state index >= 15 is 0 Å². The van der Waals surface area contributed by atoms with E-state index in [0.717, 1.165) is 32.1 Å². The van der Waals surface area contributed by atoms with Gasteiger partial charge in [-0.05, 0) is 96.4 Å². The van der Waals surface area contributed by atoms with E-state index in [9.17, 15) is 15.3 Å². The van der Waals surface area contributed by atoms with Gasteiger partial charge in [-0.2, -0.15) is 0 Å². The van der Waals surface area contributed by atoms with E-state index in [4.69, 9.17) is 4.74 Å². The van der Waals surface area contributed by atoms with Crippen molar-refractivity contribution in [3.63, 3.8) is 0 Å². The normalized spacial score (nSPS) is 49.6. The largest absolute Gasteiger partial charge is 0.389 e. The van der Waals surface area contributed by atoms with E-state index in [2.05, 4.69) is 53.2 Å². The maximum absolute atomic E-state index is 12.0. The molecule has 3 N–H and O–H groups in total. The zero-order valence-electron chi connectivity index (χ0n) is 22.6. The highest BCUT2D eigenvalue weighted by Crippen LogP contribution is 2.80. The van der Waals surface area contributed by atoms with Crippen molar-refractivity contribution < 1.29 is 20.1 Å². The molecular weight excluding hydrogens is 488 g/mol. The molecule has 2 bridgehead atoms. The molecule has 6 nitrogen and oxygen atoms in total. The van der Waals surface area contributed by atoms with E-state index in [0.29, 0.717) is 24.9 Å². The van der Waals surface area contributed by atoms with Gasteiger partial charge in [-0.1, -0.05) is 31.2 Å². The lowest BCUT2D eigenvalue weighted by atomic mass is 9.55. The first-order chi connectivity index (χ1) is 18.8. The standard InChI is InChI=1S/C33H38N2O4/c1-30-8-6-23-13-22-4-5-25(35-17-26(36)27(37)18-35)29(38)33(22)10-9-32(23,39-33)28(30)14-24-15-31(24,30)21-3-2-19-7-11-34-16-20(19)12-21/h2-3,6-7,11-13,16,24-29,36-38H,4-5,8-10,14-15,17-18H2,1H3/t24-,25+,26-,27-,28+,29-,30-,31-,32?,33-/m0/s1. The van der Waals surface area contributed by atoms with Gasteiger partial charge in [0.25, 0.3) is 0 Å². The molecule has 3 aliphatic heterocycles. The predicted octanol–water partition coefficient (Wildman–Crippen LogP) is 3.64. The van der Waals surface area contributed by atoms with Gasteiger partial charge in [-0.25, -0.2) is 0 Å². The highest BCUT2D eigenvalue weighted by molar-refractivity contribution is 5.82. The van der Waals surface area contributed by atoms with Crippen molar-refractivity contribution in [2.75, 3.05) is 13.1 Å². The van der Waals surface area contributed by atoms with Crippen LogP contribution in [0.3, 0.4) is 0 Å². The van der Waals surface area contributed by atoms with Crippen LogP contribution in [0.5, 0.6) is 0 Å². The Morgan fingerprint density at radius 2 is 1.85 bits per heavy atom. The highest BCUT2D eigenvalue weighted by Gasteiger charge is 2.78. The third-order valence-electron chi connectivity index (χ3n) is 12.8. The van der Waals surface area contributed by atoms with Crippen molar-refractivity contribution in [1.82, 2.24) is 9.88 Å². The molecule has 10 atom stereocenters. The van der Waals surface area contributed by atoms with Crippen molar-refractivity contribution in [3.05, 3.63) is 65.5 Å². The maximum atomic E-state index is 12.0. The molecule has 1 aromatic heterocycles. The summed E-state index contributed by atoms with van der Waals surface area (Å²) in [4.78, 5) is 6.50. The lowest BCUT2D eigenvalue weighted by Gasteiger charge is -2.57. The second-order valence-electron chi connectivity index (χ2n) is 14.1. The number of ether oxygens (including phenoxy) is 1. The minimum Gasteiger partial charge on any atom is -0.389 e. The van der Waals surface area contributed by atoms with Gasteiger partial charge < -0.3 is 20.1 Å². The molecular formula is C33H38N2O4. The van der Waals surface area contributed by atoms with Crippen LogP contribution in [0, 0.1) is 17.3 Å². The smallest absolute Gasteiger partial charge is 0.118 e. The molecule has 0 radical (unpaired) electrons. The minimum atomic E-state index is -0.741. The summed E-state index contributed by atoms with van der Waals surface area (Å²) in [6.45, 7) is 3.36. The molecule has 7 aliphatic rings. The molecule has 2 aromatic rings. The topological polar surface area (TPSA) is 86.1 Å². The molecule has 2 spiro atoms. The SMILES string of the molecule is C[C@]12CC=C3C=C4CC[C@@H](N5C[C@H](O)[C@@H](O)C5)[C@H](O)[C@]45CCC3(O5)[C@@H]1C[C@H]1C[C@]12c1ccc2ccncc2c1. The van der Waals surface area contributed by atoms with Crippen molar-refractivity contribution in [2.24, 2.45) is 17.3 Å². The first-order valence-electron chi connectivity index (χ1n) is 15.1. The van der Waals surface area contributed by atoms with Gasteiger partial charge in [0, 0.05) is 42.3 Å². The molecule has 0 amide bonds. The van der Waals surface area contributed by atoms with Crippen LogP contribution >= 0.6 is 0 Å². The fourth-order valence-corrected chi connectivity index (χ4v) is 10.8. The third kappa shape index (κ3) is 2.69. The van der Waals surface area contributed by atoms with Gasteiger partial charge in [0.1, 0.15) is 11.7 Å². The number of aliphatic hydroxyl groups excluding tert-OH is 3. The fraction of sp³-hybridized carbons (Fsp3) is 0.606. The molecule has 1 aromatic carbocycles. The maximum Gasteiger partial charge on any atom is 0.118 e. The van der Waals surface area contributed by atoms with Gasteiger partial charge in [0.2, 0.25) is 0 Å². The Bertz CT molecular complexity index is 1460. The molecule has 3 saturated carbocycles. The first-order valence-corrected chi connectivity index (χ1v) is 15.1. The van der Waals surface area contributed by atoms with Gasteiger partial charge in [0.05, 0.1) is 17.8 Å². The number of fused-ring (bicyclic) bond motifs is 4. The van der Waals surface area contributed by atoms with Crippen LogP contribution in [0.25, 0.3) is 10.8 Å². The Hall–Kier alpha value is -2.09. The summed E-state index contributed by atoms with van der Waals surface area (Å²) < 4.78 is 7.39. The molecule has 39 heavy (non-hydrogen) atoms. The molecule has 4 aliphatic carbocycles. The lowest BCUT2D eigenvalue weighted by molar-refractivity contribution is -0.188. The highest BCUT2D eigenvalue weighted by atomic mass is 16.5. The van der Waals surface area contributed by atoms with Crippen LogP contribution in [0.2, 0.25) is 0 Å². The number of β-amino-alcohol motifs (C(OH)–C–C–N with tert-alkyl or cyclic N) is 2. The second-order valence-corrected chi connectivity index (χ2v) is 14.1. The monoisotopic (exact) mass is 526 g/mol. The predicted molar refractivity (Wildman–Crippen MR) is 147 cm³/mol. The Morgan fingerprint density at radius 3 is 2.69 bits per heavy atom. The van der Waals surface area contributed by atoms with Crippen molar-refractivity contribution >= 4 is 10.8 Å². The molecule has 9 rings (SSSR count). The molecule has 2 saturated heterocycles. The molecule has 5 fully saturated rings. The van der Waals surface area contributed by atoms with Crippen LogP contribution in [-0.2, 0) is 10.2 Å². The summed E-state index contributed by atoms with van der Waals surface area (Å²) in [5, 5.41) is 34.9. The first kappa shape index (κ1) is 23.6. The summed E-state index contributed by atoms with van der Waals surface area (Å²) >= 11 is 0. The Morgan fingerprint density at radius 1 is 1.03 bits per heavy atom. The number of hydrogen-bond acceptors (Lipinski definition) is 6. The molecule has 6 heteroatoms. The van der Waals surface area contributed by atoms with Crippen LogP contribution < -0.4 is 0 Å². The van der Waals surface area contributed by atoms with E-state index < -0.39 is 23.9 Å². The molecule has 1 unspecified atom stereocenters. The third-order valence-corrected chi connectivity index (χ3v) is 12.8. The van der Waals surface area contributed by atoms with E-state index in [1.807, 2.05) is 12.4 Å². The number of hydrogen-bond donors (Lipinski definition) is 3. The zero-order chi connectivity index (χ0) is 26.4. The van der Waals surface area contributed by atoms with Gasteiger partial charge in [-0.3, -0.25) is 9.88 Å². The summed E-state index contributed by atoms with van der Waals surface area (Å²) in [5.41, 5.74) is 3.40. The van der Waals surface area contributed by atoms with Crippen LogP contribution in [0.15, 0.2) is 60.0 Å². The van der Waals surface area contributed by atoms with Gasteiger partial charge >= 0.3 is 0 Å².